The van der Waals surface area contributed by atoms with Crippen molar-refractivity contribution in [3.63, 3.8) is 0 Å². The maximum Gasteiger partial charge on any atom is 0.0214 e. The highest BCUT2D eigenvalue weighted by Crippen LogP contribution is 2.02. The van der Waals surface area contributed by atoms with Gasteiger partial charge in [0.1, 0.15) is 0 Å². The van der Waals surface area contributed by atoms with E-state index < -0.39 is 0 Å². The second-order valence-corrected chi connectivity index (χ2v) is 2.56. The van der Waals surface area contributed by atoms with E-state index in [1.165, 1.54) is 5.57 Å². The third-order valence-corrected chi connectivity index (χ3v) is 1.41. The van der Waals surface area contributed by atoms with Crippen LogP contribution >= 0.6 is 15.9 Å². The van der Waals surface area contributed by atoms with Gasteiger partial charge in [-0.1, -0.05) is 27.6 Å². The molecule has 9 heavy (non-hydrogen) atoms. The number of terminal acetylenes is 1. The molecule has 0 nitrogen and oxygen atoms in total. The van der Waals surface area contributed by atoms with E-state index in [-0.39, 0.29) is 0 Å². The van der Waals surface area contributed by atoms with Crippen LogP contribution in [0.15, 0.2) is 11.6 Å². The molecule has 0 heterocycles. The van der Waals surface area contributed by atoms with E-state index in [0.29, 0.717) is 0 Å². The van der Waals surface area contributed by atoms with Gasteiger partial charge in [-0.2, -0.15) is 0 Å². The minimum atomic E-state index is 0.856. The van der Waals surface area contributed by atoms with E-state index in [2.05, 4.69) is 34.9 Å². The van der Waals surface area contributed by atoms with Gasteiger partial charge in [0.15, 0.2) is 0 Å². The van der Waals surface area contributed by atoms with Crippen LogP contribution in [0.2, 0.25) is 0 Å². The summed E-state index contributed by atoms with van der Waals surface area (Å²) in [5, 5.41) is 0.934. The van der Waals surface area contributed by atoms with Crippen LogP contribution in [-0.4, -0.2) is 5.33 Å². The minimum absolute atomic E-state index is 0.856. The summed E-state index contributed by atoms with van der Waals surface area (Å²) in [5.74, 6) is 2.60. The Bertz CT molecular complexity index is 128. The summed E-state index contributed by atoms with van der Waals surface area (Å²) in [5.41, 5.74) is 1.37. The van der Waals surface area contributed by atoms with E-state index in [1.54, 1.807) is 0 Å². The lowest BCUT2D eigenvalue weighted by molar-refractivity contribution is 0.999. The third kappa shape index (κ3) is 5.65. The van der Waals surface area contributed by atoms with Crippen LogP contribution in [0.1, 0.15) is 19.8 Å². The predicted molar refractivity (Wildman–Crippen MR) is 45.6 cm³/mol. The summed E-state index contributed by atoms with van der Waals surface area (Å²) < 4.78 is 0. The SMILES string of the molecule is C#CCC/C(C)=C/CBr. The molecule has 0 N–H and O–H groups in total. The third-order valence-electron chi connectivity index (χ3n) is 1.09. The molecule has 0 radical (unpaired) electrons. The van der Waals surface area contributed by atoms with Crippen LogP contribution < -0.4 is 0 Å². The summed E-state index contributed by atoms with van der Waals surface area (Å²) in [7, 11) is 0. The summed E-state index contributed by atoms with van der Waals surface area (Å²) in [6, 6.07) is 0. The number of hydrogen-bond acceptors (Lipinski definition) is 0. The Morgan fingerprint density at radius 3 is 2.89 bits per heavy atom. The van der Waals surface area contributed by atoms with Gasteiger partial charge < -0.3 is 0 Å². The van der Waals surface area contributed by atoms with Crippen molar-refractivity contribution in [2.24, 2.45) is 0 Å². The number of hydrogen-bond donors (Lipinski definition) is 0. The highest BCUT2D eigenvalue weighted by molar-refractivity contribution is 9.09. The molecule has 0 fully saturated rings. The molecule has 0 unspecified atom stereocenters. The van der Waals surface area contributed by atoms with Gasteiger partial charge in [-0.25, -0.2) is 0 Å². The van der Waals surface area contributed by atoms with E-state index in [4.69, 9.17) is 6.42 Å². The molecule has 0 saturated heterocycles. The van der Waals surface area contributed by atoms with E-state index in [9.17, 15) is 0 Å². The monoisotopic (exact) mass is 186 g/mol. The second-order valence-electron chi connectivity index (χ2n) is 1.91. The predicted octanol–water partition coefficient (Wildman–Crippen LogP) is 2.74. The summed E-state index contributed by atoms with van der Waals surface area (Å²) in [6.45, 7) is 2.10. The molecule has 0 rings (SSSR count). The molecule has 0 amide bonds. The van der Waals surface area contributed by atoms with E-state index in [0.717, 1.165) is 18.2 Å². The molecule has 0 aromatic carbocycles. The average Bonchev–Trinajstić information content (AvgIpc) is 1.85. The molecule has 0 aromatic rings. The van der Waals surface area contributed by atoms with Crippen LogP contribution in [0.4, 0.5) is 0 Å². The molecule has 0 bridgehead atoms. The standard InChI is InChI=1S/C8H11Br/c1-3-4-5-8(2)6-7-9/h1,6H,4-5,7H2,2H3/b8-6+. The first-order valence-corrected chi connectivity index (χ1v) is 4.08. The Balaban J connectivity index is 3.40. The molecule has 0 aliphatic rings. The first-order chi connectivity index (χ1) is 4.31. The van der Waals surface area contributed by atoms with Gasteiger partial charge in [0.25, 0.3) is 0 Å². The minimum Gasteiger partial charge on any atom is -0.120 e. The van der Waals surface area contributed by atoms with E-state index >= 15 is 0 Å². The van der Waals surface area contributed by atoms with Crippen molar-refractivity contribution in [2.75, 3.05) is 5.33 Å². The topological polar surface area (TPSA) is 0 Å². The molecule has 1 heteroatoms. The molecule has 0 atom stereocenters. The van der Waals surface area contributed by atoms with Gasteiger partial charge in [0, 0.05) is 11.8 Å². The first-order valence-electron chi connectivity index (χ1n) is 2.96. The van der Waals surface area contributed by atoms with Crippen LogP contribution in [0.25, 0.3) is 0 Å². The van der Waals surface area contributed by atoms with Gasteiger partial charge in [-0.05, 0) is 13.3 Å². The number of halogens is 1. The zero-order chi connectivity index (χ0) is 7.11. The normalized spacial score (nSPS) is 11.0. The summed E-state index contributed by atoms with van der Waals surface area (Å²) in [6.07, 6.45) is 9.11. The van der Waals surface area contributed by atoms with Gasteiger partial charge in [-0.3, -0.25) is 0 Å². The maximum atomic E-state index is 5.08. The molecule has 0 aromatic heterocycles. The van der Waals surface area contributed by atoms with Crippen molar-refractivity contribution in [2.45, 2.75) is 19.8 Å². The molecule has 0 aliphatic heterocycles. The van der Waals surface area contributed by atoms with Crippen LogP contribution in [0.5, 0.6) is 0 Å². The lowest BCUT2D eigenvalue weighted by Crippen LogP contribution is -1.75. The van der Waals surface area contributed by atoms with Crippen LogP contribution in [0, 0.1) is 12.3 Å². The summed E-state index contributed by atoms with van der Waals surface area (Å²) in [4.78, 5) is 0. The largest absolute Gasteiger partial charge is 0.120 e. The van der Waals surface area contributed by atoms with Gasteiger partial charge in [-0.15, -0.1) is 12.3 Å². The van der Waals surface area contributed by atoms with Gasteiger partial charge in [0.2, 0.25) is 0 Å². The maximum absolute atomic E-state index is 5.08. The molecule has 0 aliphatic carbocycles. The molecule has 50 valence electrons. The van der Waals surface area contributed by atoms with E-state index in [1.807, 2.05) is 0 Å². The lowest BCUT2D eigenvalue weighted by atomic mass is 10.2. The van der Waals surface area contributed by atoms with Crippen molar-refractivity contribution in [1.29, 1.82) is 0 Å². The molecular formula is C8H11Br. The second kappa shape index (κ2) is 5.91. The Morgan fingerprint density at radius 1 is 1.78 bits per heavy atom. The zero-order valence-electron chi connectivity index (χ0n) is 5.65. The number of allylic oxidation sites excluding steroid dienone is 2. The highest BCUT2D eigenvalue weighted by atomic mass is 79.9. The van der Waals surface area contributed by atoms with Crippen molar-refractivity contribution < 1.29 is 0 Å². The quantitative estimate of drug-likeness (QED) is 0.362. The van der Waals surface area contributed by atoms with Gasteiger partial charge in [0.05, 0.1) is 0 Å². The van der Waals surface area contributed by atoms with Crippen molar-refractivity contribution >= 4 is 15.9 Å². The molecular weight excluding hydrogens is 176 g/mol. The summed E-state index contributed by atoms with van der Waals surface area (Å²) >= 11 is 3.31. The highest BCUT2D eigenvalue weighted by Gasteiger charge is 1.84. The van der Waals surface area contributed by atoms with Crippen LogP contribution in [0.3, 0.4) is 0 Å². The molecule has 0 spiro atoms. The fourth-order valence-corrected chi connectivity index (χ4v) is 1.06. The lowest BCUT2D eigenvalue weighted by Gasteiger charge is -1.92. The Kier molecular flexibility index (Phi) is 5.76. The Hall–Kier alpha value is -0.220. The number of rotatable bonds is 3. The number of alkyl halides is 1. The van der Waals surface area contributed by atoms with Crippen molar-refractivity contribution in [3.8, 4) is 12.3 Å². The average molecular weight is 187 g/mol. The Morgan fingerprint density at radius 2 is 2.44 bits per heavy atom. The molecule has 0 saturated carbocycles. The van der Waals surface area contributed by atoms with Crippen molar-refractivity contribution in [1.82, 2.24) is 0 Å². The smallest absolute Gasteiger partial charge is 0.0214 e. The fraction of sp³-hybridized carbons (Fsp3) is 0.500. The fourth-order valence-electron chi connectivity index (χ4n) is 0.503. The zero-order valence-corrected chi connectivity index (χ0v) is 7.24. The van der Waals surface area contributed by atoms with Crippen LogP contribution in [-0.2, 0) is 0 Å². The Labute approximate surface area is 65.5 Å². The van der Waals surface area contributed by atoms with Gasteiger partial charge >= 0.3 is 0 Å². The van der Waals surface area contributed by atoms with Crippen molar-refractivity contribution in [3.05, 3.63) is 11.6 Å². The first kappa shape index (κ1) is 8.78.